The molecule has 1 fully saturated rings. The van der Waals surface area contributed by atoms with Crippen LogP contribution in [-0.2, 0) is 22.7 Å². The third kappa shape index (κ3) is 4.22. The highest BCUT2D eigenvalue weighted by Gasteiger charge is 2.29. The van der Waals surface area contributed by atoms with Crippen LogP contribution in [0.25, 0.3) is 10.8 Å². The maximum atomic E-state index is 12.1. The molecule has 27 heavy (non-hydrogen) atoms. The van der Waals surface area contributed by atoms with Crippen LogP contribution < -0.4 is 0 Å². The van der Waals surface area contributed by atoms with E-state index in [1.54, 1.807) is 23.1 Å². The molecule has 0 aromatic carbocycles. The normalized spacial score (nSPS) is 19.2. The van der Waals surface area contributed by atoms with Crippen LogP contribution in [-0.4, -0.2) is 49.6 Å². The average molecular weight is 405 g/mol. The van der Waals surface area contributed by atoms with Gasteiger partial charge in [-0.05, 0) is 25.8 Å². The first-order chi connectivity index (χ1) is 13.0. The topological polar surface area (TPSA) is 104 Å². The predicted molar refractivity (Wildman–Crippen MR) is 102 cm³/mol. The molecule has 1 aliphatic rings. The molecule has 1 unspecified atom stereocenters. The molecule has 8 nitrogen and oxygen atoms in total. The highest BCUT2D eigenvalue weighted by Crippen LogP contribution is 2.27. The first-order valence-electron chi connectivity index (χ1n) is 8.84. The molecule has 0 amide bonds. The Balaban J connectivity index is 1.65. The third-order valence-electron chi connectivity index (χ3n) is 4.49. The summed E-state index contributed by atoms with van der Waals surface area (Å²) in [6.45, 7) is 1.93. The van der Waals surface area contributed by atoms with Crippen molar-refractivity contribution in [2.75, 3.05) is 11.5 Å². The number of nitrogens with zero attached hydrogens (tertiary/aromatic N) is 6. The van der Waals surface area contributed by atoms with Crippen LogP contribution in [0.1, 0.15) is 36.2 Å². The standard InChI is InChI=1S/C17H20N6O2S2/c1-12-10-26-17(20-12)16-21-15(6-5-14-18-7-3-8-19-14)23(22-16)13-4-2-9-27(24,25)11-13/h3,7-8,10,13H,2,4-6,9,11H2,1H3. The van der Waals surface area contributed by atoms with E-state index >= 15 is 0 Å². The lowest BCUT2D eigenvalue weighted by Gasteiger charge is -2.23. The van der Waals surface area contributed by atoms with Crippen molar-refractivity contribution in [2.45, 2.75) is 38.6 Å². The maximum Gasteiger partial charge on any atom is 0.210 e. The third-order valence-corrected chi connectivity index (χ3v) is 7.25. The Morgan fingerprint density at radius 2 is 2.04 bits per heavy atom. The van der Waals surface area contributed by atoms with Crippen molar-refractivity contribution in [2.24, 2.45) is 0 Å². The monoisotopic (exact) mass is 404 g/mol. The number of aromatic nitrogens is 6. The Bertz CT molecular complexity index is 1030. The van der Waals surface area contributed by atoms with Crippen LogP contribution in [0.15, 0.2) is 23.8 Å². The molecule has 1 atom stereocenters. The zero-order chi connectivity index (χ0) is 18.9. The number of hydrogen-bond acceptors (Lipinski definition) is 8. The van der Waals surface area contributed by atoms with E-state index in [0.29, 0.717) is 25.1 Å². The summed E-state index contributed by atoms with van der Waals surface area (Å²) in [4.78, 5) is 17.7. The van der Waals surface area contributed by atoms with E-state index in [2.05, 4.69) is 25.0 Å². The summed E-state index contributed by atoms with van der Waals surface area (Å²) in [6, 6.07) is 1.60. The van der Waals surface area contributed by atoms with E-state index in [4.69, 9.17) is 0 Å². The fourth-order valence-electron chi connectivity index (χ4n) is 3.24. The van der Waals surface area contributed by atoms with Crippen molar-refractivity contribution in [1.82, 2.24) is 29.7 Å². The molecule has 0 N–H and O–H groups in total. The van der Waals surface area contributed by atoms with Crippen molar-refractivity contribution in [3.8, 4) is 10.8 Å². The molecule has 4 heterocycles. The van der Waals surface area contributed by atoms with Gasteiger partial charge in [-0.3, -0.25) is 0 Å². The van der Waals surface area contributed by atoms with Crippen LogP contribution in [0.5, 0.6) is 0 Å². The van der Waals surface area contributed by atoms with Gasteiger partial charge in [-0.15, -0.1) is 16.4 Å². The van der Waals surface area contributed by atoms with Gasteiger partial charge < -0.3 is 0 Å². The van der Waals surface area contributed by atoms with Gasteiger partial charge in [-0.2, -0.15) is 0 Å². The summed E-state index contributed by atoms with van der Waals surface area (Å²) in [6.07, 6.45) is 6.08. The SMILES string of the molecule is Cc1csc(-c2nc(CCc3ncccn3)n(C3CCCS(=O)(=O)C3)n2)n1. The summed E-state index contributed by atoms with van der Waals surface area (Å²) < 4.78 is 26.0. The summed E-state index contributed by atoms with van der Waals surface area (Å²) in [5.41, 5.74) is 0.922. The molecule has 142 valence electrons. The number of rotatable bonds is 5. The van der Waals surface area contributed by atoms with Crippen LogP contribution in [0.2, 0.25) is 0 Å². The van der Waals surface area contributed by atoms with Crippen LogP contribution in [0, 0.1) is 6.92 Å². The molecular weight excluding hydrogens is 384 g/mol. The van der Waals surface area contributed by atoms with Crippen molar-refractivity contribution >= 4 is 21.2 Å². The van der Waals surface area contributed by atoms with Crippen molar-refractivity contribution in [1.29, 1.82) is 0 Å². The highest BCUT2D eigenvalue weighted by molar-refractivity contribution is 7.91. The van der Waals surface area contributed by atoms with E-state index in [1.807, 2.05) is 12.3 Å². The summed E-state index contributed by atoms with van der Waals surface area (Å²) >= 11 is 1.49. The lowest BCUT2D eigenvalue weighted by molar-refractivity contribution is 0.420. The maximum absolute atomic E-state index is 12.1. The molecular formula is C17H20N6O2S2. The summed E-state index contributed by atoms with van der Waals surface area (Å²) in [5.74, 6) is 2.41. The number of hydrogen-bond donors (Lipinski definition) is 0. The molecule has 0 radical (unpaired) electrons. The number of thiazole rings is 1. The van der Waals surface area contributed by atoms with E-state index in [9.17, 15) is 8.42 Å². The molecule has 1 aliphatic heterocycles. The largest absolute Gasteiger partial charge is 0.245 e. The summed E-state index contributed by atoms with van der Waals surface area (Å²) in [5, 5.41) is 7.35. The lowest BCUT2D eigenvalue weighted by Crippen LogP contribution is -2.29. The van der Waals surface area contributed by atoms with Gasteiger partial charge in [0.25, 0.3) is 0 Å². The molecule has 3 aromatic rings. The van der Waals surface area contributed by atoms with Gasteiger partial charge in [0.1, 0.15) is 11.6 Å². The second-order valence-electron chi connectivity index (χ2n) is 6.67. The Labute approximate surface area is 161 Å². The van der Waals surface area contributed by atoms with Crippen LogP contribution >= 0.6 is 11.3 Å². The number of aryl methyl sites for hydroxylation is 3. The minimum atomic E-state index is -3.04. The van der Waals surface area contributed by atoms with E-state index < -0.39 is 9.84 Å². The second-order valence-corrected chi connectivity index (χ2v) is 9.75. The molecule has 0 saturated carbocycles. The fraction of sp³-hybridized carbons (Fsp3) is 0.471. The number of sulfone groups is 1. The molecule has 10 heteroatoms. The molecule has 1 saturated heterocycles. The van der Waals surface area contributed by atoms with Gasteiger partial charge in [-0.25, -0.2) is 33.0 Å². The first kappa shape index (κ1) is 18.2. The van der Waals surface area contributed by atoms with Gasteiger partial charge in [0.05, 0.1) is 17.5 Å². The fourth-order valence-corrected chi connectivity index (χ4v) is 5.63. The lowest BCUT2D eigenvalue weighted by atomic mass is 10.2. The first-order valence-corrected chi connectivity index (χ1v) is 11.5. The molecule has 4 rings (SSSR count). The Hall–Kier alpha value is -2.20. The zero-order valence-electron chi connectivity index (χ0n) is 14.9. The minimum Gasteiger partial charge on any atom is -0.245 e. The zero-order valence-corrected chi connectivity index (χ0v) is 16.6. The smallest absolute Gasteiger partial charge is 0.210 e. The average Bonchev–Trinajstić information content (AvgIpc) is 3.26. The molecule has 0 spiro atoms. The second kappa shape index (κ2) is 7.43. The Kier molecular flexibility index (Phi) is 5.00. The van der Waals surface area contributed by atoms with E-state index in [-0.39, 0.29) is 17.5 Å². The molecule has 3 aromatic heterocycles. The van der Waals surface area contributed by atoms with Crippen molar-refractivity contribution < 1.29 is 8.42 Å². The van der Waals surface area contributed by atoms with Gasteiger partial charge in [0.2, 0.25) is 5.82 Å². The van der Waals surface area contributed by atoms with Gasteiger partial charge in [0.15, 0.2) is 14.8 Å². The van der Waals surface area contributed by atoms with Crippen molar-refractivity contribution in [3.05, 3.63) is 41.2 Å². The van der Waals surface area contributed by atoms with Gasteiger partial charge >= 0.3 is 0 Å². The Morgan fingerprint density at radius 1 is 1.22 bits per heavy atom. The predicted octanol–water partition coefficient (Wildman–Crippen LogP) is 2.03. The van der Waals surface area contributed by atoms with Gasteiger partial charge in [0, 0.05) is 36.3 Å². The van der Waals surface area contributed by atoms with Gasteiger partial charge in [-0.1, -0.05) is 0 Å². The Morgan fingerprint density at radius 3 is 2.74 bits per heavy atom. The van der Waals surface area contributed by atoms with E-state index in [0.717, 1.165) is 28.8 Å². The summed E-state index contributed by atoms with van der Waals surface area (Å²) in [7, 11) is -3.04. The van der Waals surface area contributed by atoms with Crippen molar-refractivity contribution in [3.63, 3.8) is 0 Å². The van der Waals surface area contributed by atoms with Crippen LogP contribution in [0.4, 0.5) is 0 Å². The molecule has 0 aliphatic carbocycles. The van der Waals surface area contributed by atoms with Crippen LogP contribution in [0.3, 0.4) is 0 Å². The van der Waals surface area contributed by atoms with E-state index in [1.165, 1.54) is 11.3 Å². The highest BCUT2D eigenvalue weighted by atomic mass is 32.2. The minimum absolute atomic E-state index is 0.113. The molecule has 0 bridgehead atoms. The quantitative estimate of drug-likeness (QED) is 0.641.